The van der Waals surface area contributed by atoms with Crippen molar-refractivity contribution in [1.82, 2.24) is 10.9 Å². The van der Waals surface area contributed by atoms with Crippen LogP contribution in [0, 0.1) is 0 Å². The fourth-order valence-electron chi connectivity index (χ4n) is 2.02. The van der Waals surface area contributed by atoms with Gasteiger partial charge in [0.25, 0.3) is 0 Å². The van der Waals surface area contributed by atoms with Gasteiger partial charge >= 0.3 is 0 Å². The third-order valence-corrected chi connectivity index (χ3v) is 3.02. The Morgan fingerprint density at radius 3 is 2.63 bits per heavy atom. The summed E-state index contributed by atoms with van der Waals surface area (Å²) in [4.78, 5) is 11.4. The van der Waals surface area contributed by atoms with Crippen molar-refractivity contribution in [3.63, 3.8) is 0 Å². The Morgan fingerprint density at radius 1 is 1.16 bits per heavy atom. The second kappa shape index (κ2) is 6.20. The predicted molar refractivity (Wildman–Crippen MR) is 76.0 cm³/mol. The number of rotatable bonds is 5. The lowest BCUT2D eigenvalue weighted by Gasteiger charge is -2.06. The standard InChI is InChI=1S/C15H18N2O2/c1-16-17-15(18)8-4-11-3-5-13-10-14(19-2)7-6-12(13)9-11/h3,5-7,9-10,16H,4,8H2,1-2H3,(H,17,18). The lowest BCUT2D eigenvalue weighted by atomic mass is 10.0. The molecule has 0 aromatic heterocycles. The van der Waals surface area contributed by atoms with Crippen LogP contribution in [-0.4, -0.2) is 20.1 Å². The Hall–Kier alpha value is -2.07. The fraction of sp³-hybridized carbons (Fsp3) is 0.267. The first-order chi connectivity index (χ1) is 9.22. The topological polar surface area (TPSA) is 50.4 Å². The van der Waals surface area contributed by atoms with Crippen LogP contribution >= 0.6 is 0 Å². The van der Waals surface area contributed by atoms with Gasteiger partial charge in [0.05, 0.1) is 7.11 Å². The highest BCUT2D eigenvalue weighted by Crippen LogP contribution is 2.22. The summed E-state index contributed by atoms with van der Waals surface area (Å²) < 4.78 is 5.20. The Morgan fingerprint density at radius 2 is 1.89 bits per heavy atom. The summed E-state index contributed by atoms with van der Waals surface area (Å²) in [6, 6.07) is 12.2. The van der Waals surface area contributed by atoms with Gasteiger partial charge in [-0.1, -0.05) is 24.3 Å². The Labute approximate surface area is 112 Å². The summed E-state index contributed by atoms with van der Waals surface area (Å²) in [5.41, 5.74) is 6.35. The molecule has 100 valence electrons. The fourth-order valence-corrected chi connectivity index (χ4v) is 2.02. The van der Waals surface area contributed by atoms with Crippen LogP contribution in [0.1, 0.15) is 12.0 Å². The summed E-state index contributed by atoms with van der Waals surface area (Å²) in [6.07, 6.45) is 1.21. The molecule has 4 nitrogen and oxygen atoms in total. The number of carbonyl (C=O) groups is 1. The van der Waals surface area contributed by atoms with E-state index in [1.54, 1.807) is 14.2 Å². The lowest BCUT2D eigenvalue weighted by Crippen LogP contribution is -2.34. The van der Waals surface area contributed by atoms with Crippen molar-refractivity contribution >= 4 is 16.7 Å². The molecule has 2 N–H and O–H groups in total. The summed E-state index contributed by atoms with van der Waals surface area (Å²) in [7, 11) is 3.34. The Bertz CT molecular complexity index is 581. The molecule has 2 rings (SSSR count). The zero-order chi connectivity index (χ0) is 13.7. The average Bonchev–Trinajstić information content (AvgIpc) is 2.44. The molecule has 0 saturated carbocycles. The largest absolute Gasteiger partial charge is 0.497 e. The van der Waals surface area contributed by atoms with E-state index in [0.717, 1.165) is 28.5 Å². The molecule has 0 saturated heterocycles. The molecule has 0 heterocycles. The van der Waals surface area contributed by atoms with Crippen molar-refractivity contribution < 1.29 is 9.53 Å². The number of fused-ring (bicyclic) bond motifs is 1. The average molecular weight is 258 g/mol. The number of benzene rings is 2. The first kappa shape index (κ1) is 13.4. The number of aryl methyl sites for hydroxylation is 1. The van der Waals surface area contributed by atoms with E-state index in [1.807, 2.05) is 18.2 Å². The third-order valence-electron chi connectivity index (χ3n) is 3.02. The van der Waals surface area contributed by atoms with Gasteiger partial charge in [-0.2, -0.15) is 0 Å². The molecule has 0 spiro atoms. The minimum atomic E-state index is -0.00247. The molecule has 19 heavy (non-hydrogen) atoms. The van der Waals surface area contributed by atoms with Gasteiger partial charge in [0.2, 0.25) is 5.91 Å². The number of carbonyl (C=O) groups excluding carboxylic acids is 1. The summed E-state index contributed by atoms with van der Waals surface area (Å²) in [5.74, 6) is 0.853. The number of amides is 1. The minimum absolute atomic E-state index is 0.00247. The molecule has 0 unspecified atom stereocenters. The summed E-state index contributed by atoms with van der Waals surface area (Å²) in [5, 5.41) is 2.30. The van der Waals surface area contributed by atoms with Crippen molar-refractivity contribution in [3.8, 4) is 5.75 Å². The maximum Gasteiger partial charge on any atom is 0.234 e. The van der Waals surface area contributed by atoms with E-state index in [-0.39, 0.29) is 5.91 Å². The number of hydrogen-bond acceptors (Lipinski definition) is 3. The molecule has 0 bridgehead atoms. The van der Waals surface area contributed by atoms with Crippen LogP contribution in [0.15, 0.2) is 36.4 Å². The molecule has 0 atom stereocenters. The normalized spacial score (nSPS) is 10.4. The van der Waals surface area contributed by atoms with Crippen LogP contribution in [0.4, 0.5) is 0 Å². The number of methoxy groups -OCH3 is 1. The van der Waals surface area contributed by atoms with E-state index in [1.165, 1.54) is 0 Å². The van der Waals surface area contributed by atoms with E-state index < -0.39 is 0 Å². The van der Waals surface area contributed by atoms with Crippen molar-refractivity contribution in [2.45, 2.75) is 12.8 Å². The maximum absolute atomic E-state index is 11.4. The highest BCUT2D eigenvalue weighted by Gasteiger charge is 2.02. The van der Waals surface area contributed by atoms with Gasteiger partial charge in [-0.3, -0.25) is 10.2 Å². The highest BCUT2D eigenvalue weighted by molar-refractivity contribution is 5.84. The van der Waals surface area contributed by atoms with Gasteiger partial charge in [0, 0.05) is 13.5 Å². The zero-order valence-corrected chi connectivity index (χ0v) is 11.2. The maximum atomic E-state index is 11.4. The molecule has 0 aliphatic heterocycles. The summed E-state index contributed by atoms with van der Waals surface area (Å²) >= 11 is 0. The molecular formula is C15H18N2O2. The van der Waals surface area contributed by atoms with Crippen LogP contribution in [-0.2, 0) is 11.2 Å². The van der Waals surface area contributed by atoms with Crippen LogP contribution in [0.3, 0.4) is 0 Å². The molecular weight excluding hydrogens is 240 g/mol. The molecule has 1 amide bonds. The second-order valence-corrected chi connectivity index (χ2v) is 4.35. The molecule has 4 heteroatoms. The number of ether oxygens (including phenoxy) is 1. The number of hydrogen-bond donors (Lipinski definition) is 2. The van der Waals surface area contributed by atoms with Gasteiger partial charge in [-0.15, -0.1) is 0 Å². The Balaban J connectivity index is 2.11. The van der Waals surface area contributed by atoms with Gasteiger partial charge in [0.1, 0.15) is 5.75 Å². The quantitative estimate of drug-likeness (QED) is 0.807. The first-order valence-corrected chi connectivity index (χ1v) is 6.25. The van der Waals surface area contributed by atoms with E-state index in [2.05, 4.69) is 29.1 Å². The SMILES string of the molecule is CNNC(=O)CCc1ccc2cc(OC)ccc2c1. The predicted octanol–water partition coefficient (Wildman–Crippen LogP) is 2.03. The Kier molecular flexibility index (Phi) is 4.36. The van der Waals surface area contributed by atoms with Crippen molar-refractivity contribution in [3.05, 3.63) is 42.0 Å². The molecule has 0 aliphatic rings. The van der Waals surface area contributed by atoms with Crippen molar-refractivity contribution in [2.24, 2.45) is 0 Å². The smallest absolute Gasteiger partial charge is 0.234 e. The number of nitrogens with one attached hydrogen (secondary N) is 2. The molecule has 2 aromatic carbocycles. The van der Waals surface area contributed by atoms with Gasteiger partial charge in [-0.25, -0.2) is 5.43 Å². The van der Waals surface area contributed by atoms with E-state index in [9.17, 15) is 4.79 Å². The molecule has 2 aromatic rings. The van der Waals surface area contributed by atoms with Crippen LogP contribution < -0.4 is 15.6 Å². The first-order valence-electron chi connectivity index (χ1n) is 6.25. The molecule has 0 aliphatic carbocycles. The van der Waals surface area contributed by atoms with Crippen LogP contribution in [0.25, 0.3) is 10.8 Å². The van der Waals surface area contributed by atoms with Gasteiger partial charge < -0.3 is 4.74 Å². The molecule has 0 radical (unpaired) electrons. The minimum Gasteiger partial charge on any atom is -0.497 e. The van der Waals surface area contributed by atoms with E-state index >= 15 is 0 Å². The lowest BCUT2D eigenvalue weighted by molar-refractivity contribution is -0.121. The van der Waals surface area contributed by atoms with Gasteiger partial charge in [-0.05, 0) is 34.9 Å². The zero-order valence-electron chi connectivity index (χ0n) is 11.2. The van der Waals surface area contributed by atoms with Crippen LogP contribution in [0.5, 0.6) is 5.75 Å². The van der Waals surface area contributed by atoms with Crippen molar-refractivity contribution in [2.75, 3.05) is 14.2 Å². The molecule has 0 fully saturated rings. The number of hydrazine groups is 1. The van der Waals surface area contributed by atoms with Crippen molar-refractivity contribution in [1.29, 1.82) is 0 Å². The third kappa shape index (κ3) is 3.45. The monoisotopic (exact) mass is 258 g/mol. The summed E-state index contributed by atoms with van der Waals surface area (Å²) in [6.45, 7) is 0. The highest BCUT2D eigenvalue weighted by atomic mass is 16.5. The van der Waals surface area contributed by atoms with Gasteiger partial charge in [0.15, 0.2) is 0 Å². The van der Waals surface area contributed by atoms with E-state index in [4.69, 9.17) is 4.74 Å². The van der Waals surface area contributed by atoms with Crippen LogP contribution in [0.2, 0.25) is 0 Å². The van der Waals surface area contributed by atoms with E-state index in [0.29, 0.717) is 6.42 Å². The second-order valence-electron chi connectivity index (χ2n) is 4.35.